The second-order valence-corrected chi connectivity index (χ2v) is 13.3. The van der Waals surface area contributed by atoms with E-state index in [0.29, 0.717) is 22.3 Å². The fraction of sp³-hybridized carbons (Fsp3) is 1.00. The Morgan fingerprint density at radius 1 is 0.758 bits per heavy atom. The van der Waals surface area contributed by atoms with Gasteiger partial charge in [-0.1, -0.05) is 54.1 Å². The van der Waals surface area contributed by atoms with Gasteiger partial charge in [0, 0.05) is 33.2 Å². The summed E-state index contributed by atoms with van der Waals surface area (Å²) in [6.07, 6.45) is -1.30. The maximum absolute atomic E-state index is 13.3. The van der Waals surface area contributed by atoms with E-state index in [2.05, 4.69) is 47.8 Å². The molecule has 0 amide bonds. The Bertz CT molecular complexity index is 559. The summed E-state index contributed by atoms with van der Waals surface area (Å²) in [6, 6.07) is 0. The molecule has 33 heavy (non-hydrogen) atoms. The monoisotopic (exact) mass is 746 g/mol. The Kier molecular flexibility index (Phi) is 19.0. The van der Waals surface area contributed by atoms with Crippen LogP contribution >= 0.6 is 86.6 Å². The van der Waals surface area contributed by atoms with Gasteiger partial charge in [-0.25, -0.2) is 9.13 Å². The summed E-state index contributed by atoms with van der Waals surface area (Å²) in [5, 5.41) is 1.12. The summed E-state index contributed by atoms with van der Waals surface area (Å²) in [4.78, 5) is 0. The maximum atomic E-state index is 13.3. The third kappa shape index (κ3) is 14.1. The largest absolute Gasteiger partial charge is 0.475 e. The SMILES string of the molecule is BCC(C)OP(=O)(OCC(CBr)(CBr)COP(=O)(OC(C)CCl)OC(C)CBr)OC(C)CCl. The highest BCUT2D eigenvalue weighted by Crippen LogP contribution is 2.55. The highest BCUT2D eigenvalue weighted by atomic mass is 79.9. The lowest BCUT2D eigenvalue weighted by Crippen LogP contribution is -2.36. The molecule has 0 aromatic carbocycles. The van der Waals surface area contributed by atoms with Gasteiger partial charge in [0.05, 0.1) is 37.6 Å². The quantitative estimate of drug-likeness (QED) is 0.0787. The van der Waals surface area contributed by atoms with Gasteiger partial charge in [0.25, 0.3) is 0 Å². The van der Waals surface area contributed by atoms with Crippen molar-refractivity contribution in [2.75, 3.05) is 41.0 Å². The molecule has 0 aliphatic rings. The van der Waals surface area contributed by atoms with E-state index < -0.39 is 39.4 Å². The number of alkyl halides is 5. The van der Waals surface area contributed by atoms with Gasteiger partial charge in [0.1, 0.15) is 7.85 Å². The molecule has 0 rings (SSSR count). The van der Waals surface area contributed by atoms with Gasteiger partial charge in [-0.2, -0.15) is 0 Å². The molecule has 6 unspecified atom stereocenters. The van der Waals surface area contributed by atoms with Gasteiger partial charge in [-0.05, 0) is 27.7 Å². The van der Waals surface area contributed by atoms with Crippen molar-refractivity contribution in [2.45, 2.75) is 58.4 Å². The lowest BCUT2D eigenvalue weighted by atomic mass is 9.97. The first kappa shape index (κ1) is 35.3. The van der Waals surface area contributed by atoms with Crippen molar-refractivity contribution in [3.63, 3.8) is 0 Å². The van der Waals surface area contributed by atoms with Crippen LogP contribution in [0.15, 0.2) is 0 Å². The molecule has 0 bridgehead atoms. The van der Waals surface area contributed by atoms with E-state index in [1.165, 1.54) is 0 Å². The van der Waals surface area contributed by atoms with E-state index in [4.69, 9.17) is 50.3 Å². The zero-order valence-corrected chi connectivity index (χ0v) is 27.6. The lowest BCUT2D eigenvalue weighted by Gasteiger charge is -2.33. The molecule has 6 atom stereocenters. The summed E-state index contributed by atoms with van der Waals surface area (Å²) < 4.78 is 60.1. The highest BCUT2D eigenvalue weighted by Gasteiger charge is 2.40. The molecule has 0 aromatic rings. The van der Waals surface area contributed by atoms with Gasteiger partial charge >= 0.3 is 15.6 Å². The molecule has 16 heteroatoms. The molecule has 0 aromatic heterocycles. The molecule has 8 nitrogen and oxygen atoms in total. The highest BCUT2D eigenvalue weighted by molar-refractivity contribution is 9.10. The van der Waals surface area contributed by atoms with E-state index in [-0.39, 0.29) is 31.1 Å². The van der Waals surface area contributed by atoms with Crippen LogP contribution in [0, 0.1) is 5.41 Å². The minimum absolute atomic E-state index is 0.106. The number of phosphoric acid groups is 2. The average molecular weight is 750 g/mol. The summed E-state index contributed by atoms with van der Waals surface area (Å²) in [6.45, 7) is 6.61. The minimum atomic E-state index is -3.97. The molecule has 0 saturated carbocycles. The Balaban J connectivity index is 5.57. The summed E-state index contributed by atoms with van der Waals surface area (Å²) in [5.74, 6) is 0.224. The van der Waals surface area contributed by atoms with Crippen LogP contribution in [0.25, 0.3) is 0 Å². The first-order chi connectivity index (χ1) is 15.4. The van der Waals surface area contributed by atoms with Gasteiger partial charge in [0.15, 0.2) is 0 Å². The first-order valence-corrected chi connectivity index (χ1v) is 17.7. The standard InChI is InChI=1S/C17H34BBr3Cl2O8P2/c1-13(5-18)28-32(24,30-15(3)7-22)26-11-17(9-20,10-21)12-27-33(25,29-14(2)6-19)31-16(4)8-23/h13-16H,5-12,18H2,1-4H3. The molecule has 0 aliphatic heterocycles. The average Bonchev–Trinajstić information content (AvgIpc) is 2.79. The minimum Gasteiger partial charge on any atom is -0.286 e. The van der Waals surface area contributed by atoms with Crippen LogP contribution < -0.4 is 0 Å². The number of hydrogen-bond donors (Lipinski definition) is 0. The van der Waals surface area contributed by atoms with Crippen molar-refractivity contribution < 1.29 is 36.3 Å². The van der Waals surface area contributed by atoms with Crippen molar-refractivity contribution in [3.8, 4) is 0 Å². The van der Waals surface area contributed by atoms with E-state index >= 15 is 0 Å². The van der Waals surface area contributed by atoms with Gasteiger partial charge < -0.3 is 0 Å². The topological polar surface area (TPSA) is 89.5 Å². The van der Waals surface area contributed by atoms with E-state index in [9.17, 15) is 9.13 Å². The van der Waals surface area contributed by atoms with Crippen LogP contribution in [0.5, 0.6) is 0 Å². The van der Waals surface area contributed by atoms with E-state index in [0.717, 1.165) is 0 Å². The molecule has 0 saturated heterocycles. The number of rotatable bonds is 20. The van der Waals surface area contributed by atoms with Crippen LogP contribution in [0.2, 0.25) is 6.32 Å². The molecule has 0 aliphatic carbocycles. The lowest BCUT2D eigenvalue weighted by molar-refractivity contribution is 0.0232. The fourth-order valence-electron chi connectivity index (χ4n) is 1.88. The fourth-order valence-corrected chi connectivity index (χ4v) is 7.43. The van der Waals surface area contributed by atoms with Crippen LogP contribution in [0.1, 0.15) is 27.7 Å². The maximum Gasteiger partial charge on any atom is 0.475 e. The third-order valence-electron chi connectivity index (χ3n) is 4.09. The zero-order valence-electron chi connectivity index (χ0n) is 19.5. The summed E-state index contributed by atoms with van der Waals surface area (Å²) >= 11 is 21.8. The molecule has 0 heterocycles. The molecule has 0 spiro atoms. The van der Waals surface area contributed by atoms with E-state index in [1.54, 1.807) is 27.7 Å². The Morgan fingerprint density at radius 2 is 1.12 bits per heavy atom. The van der Waals surface area contributed by atoms with E-state index in [1.807, 2.05) is 7.85 Å². The molecular weight excluding hydrogens is 716 g/mol. The Hall–Kier alpha value is 2.30. The third-order valence-corrected chi connectivity index (χ3v) is 11.6. The van der Waals surface area contributed by atoms with Crippen LogP contribution in [0.3, 0.4) is 0 Å². The Morgan fingerprint density at radius 3 is 1.42 bits per heavy atom. The predicted octanol–water partition coefficient (Wildman–Crippen LogP) is 6.56. The first-order valence-electron chi connectivity index (χ1n) is 10.4. The van der Waals surface area contributed by atoms with Crippen LogP contribution in [-0.4, -0.2) is 73.2 Å². The van der Waals surface area contributed by atoms with Crippen molar-refractivity contribution in [2.24, 2.45) is 5.41 Å². The van der Waals surface area contributed by atoms with Crippen LogP contribution in [0.4, 0.5) is 0 Å². The van der Waals surface area contributed by atoms with Gasteiger partial charge in [-0.3, -0.25) is 27.1 Å². The van der Waals surface area contributed by atoms with Gasteiger partial charge in [0.2, 0.25) is 0 Å². The van der Waals surface area contributed by atoms with Gasteiger partial charge in [-0.15, -0.1) is 23.2 Å². The smallest absolute Gasteiger partial charge is 0.286 e. The van der Waals surface area contributed by atoms with Crippen molar-refractivity contribution in [1.82, 2.24) is 0 Å². The summed E-state index contributed by atoms with van der Waals surface area (Å²) in [7, 11) is -6.02. The second-order valence-electron chi connectivity index (χ2n) is 7.74. The second kappa shape index (κ2) is 17.7. The van der Waals surface area contributed by atoms with Crippen molar-refractivity contribution >= 4 is 94.5 Å². The van der Waals surface area contributed by atoms with Crippen molar-refractivity contribution in [3.05, 3.63) is 0 Å². The predicted molar refractivity (Wildman–Crippen MR) is 148 cm³/mol. The number of halogens is 5. The molecule has 198 valence electrons. The summed E-state index contributed by atoms with van der Waals surface area (Å²) in [5.41, 5.74) is -0.813. The number of phosphoric ester groups is 2. The Labute approximate surface area is 234 Å². The van der Waals surface area contributed by atoms with Crippen molar-refractivity contribution in [1.29, 1.82) is 0 Å². The number of hydrogen-bond acceptors (Lipinski definition) is 8. The molecule has 0 radical (unpaired) electrons. The molecule has 0 fully saturated rings. The van der Waals surface area contributed by atoms with Crippen LogP contribution in [-0.2, 0) is 36.3 Å². The zero-order chi connectivity index (χ0) is 25.7. The molecular formula is C17H34BBr3Cl2O8P2. The molecule has 0 N–H and O–H groups in total. The normalized spacial score (nSPS) is 19.9.